The predicted octanol–water partition coefficient (Wildman–Crippen LogP) is 2.68. The van der Waals surface area contributed by atoms with E-state index in [9.17, 15) is 4.79 Å². The molecule has 0 amide bonds. The molecule has 0 saturated carbocycles. The molecule has 1 saturated heterocycles. The van der Waals surface area contributed by atoms with Crippen molar-refractivity contribution in [2.75, 3.05) is 28.4 Å². The first kappa shape index (κ1) is 20.0. The van der Waals surface area contributed by atoms with Crippen molar-refractivity contribution in [2.24, 2.45) is 5.92 Å². The maximum atomic E-state index is 12.9. The van der Waals surface area contributed by atoms with Crippen molar-refractivity contribution in [1.29, 1.82) is 0 Å². The van der Waals surface area contributed by atoms with E-state index in [1.165, 1.54) is 0 Å². The van der Waals surface area contributed by atoms with E-state index in [2.05, 4.69) is 5.32 Å². The molecule has 3 rings (SSSR count). The average Bonchev–Trinajstić information content (AvgIpc) is 2.74. The quantitative estimate of drug-likeness (QED) is 0.827. The van der Waals surface area contributed by atoms with Gasteiger partial charge in [0.1, 0.15) is 40.9 Å². The SMILES string of the molecule is COc1ccc(OC)c([C@@H]2CC(=O)[C@H](C)[C@@H](c3cc(OC)ccc3OC)[NH2+]2)c1. The molecule has 1 fully saturated rings. The molecule has 28 heavy (non-hydrogen) atoms. The van der Waals surface area contributed by atoms with E-state index in [-0.39, 0.29) is 23.8 Å². The predicted molar refractivity (Wildman–Crippen MR) is 105 cm³/mol. The van der Waals surface area contributed by atoms with Gasteiger partial charge in [0.15, 0.2) is 0 Å². The van der Waals surface area contributed by atoms with E-state index in [1.807, 2.05) is 43.3 Å². The number of methoxy groups -OCH3 is 4. The zero-order valence-corrected chi connectivity index (χ0v) is 17.0. The van der Waals surface area contributed by atoms with E-state index >= 15 is 0 Å². The number of nitrogens with two attached hydrogens (primary N) is 1. The Hall–Kier alpha value is -2.73. The topological polar surface area (TPSA) is 70.6 Å². The number of piperidine rings is 1. The number of carbonyl (C=O) groups excluding carboxylic acids is 1. The second-order valence-electron chi connectivity index (χ2n) is 7.00. The van der Waals surface area contributed by atoms with Crippen molar-refractivity contribution in [1.82, 2.24) is 0 Å². The molecule has 1 aliphatic rings. The zero-order valence-electron chi connectivity index (χ0n) is 17.0. The van der Waals surface area contributed by atoms with Crippen molar-refractivity contribution < 1.29 is 29.1 Å². The molecule has 0 unspecified atom stereocenters. The van der Waals surface area contributed by atoms with Gasteiger partial charge in [-0.2, -0.15) is 0 Å². The van der Waals surface area contributed by atoms with Gasteiger partial charge < -0.3 is 24.3 Å². The summed E-state index contributed by atoms with van der Waals surface area (Å²) in [4.78, 5) is 12.9. The normalized spacial score (nSPS) is 21.9. The number of quaternary nitrogens is 1. The van der Waals surface area contributed by atoms with Gasteiger partial charge in [-0.25, -0.2) is 0 Å². The minimum Gasteiger partial charge on any atom is -0.497 e. The Labute approximate surface area is 165 Å². The third-order valence-corrected chi connectivity index (χ3v) is 5.54. The van der Waals surface area contributed by atoms with Crippen molar-refractivity contribution in [3.63, 3.8) is 0 Å². The molecule has 150 valence electrons. The fourth-order valence-corrected chi connectivity index (χ4v) is 3.90. The van der Waals surface area contributed by atoms with Crippen molar-refractivity contribution >= 4 is 5.78 Å². The smallest absolute Gasteiger partial charge is 0.148 e. The number of benzene rings is 2. The number of rotatable bonds is 6. The summed E-state index contributed by atoms with van der Waals surface area (Å²) in [6.45, 7) is 1.97. The number of carbonyl (C=O) groups is 1. The summed E-state index contributed by atoms with van der Waals surface area (Å²) >= 11 is 0. The minimum absolute atomic E-state index is 0.0744. The number of Topliss-reactive ketones (excluding diaryl/α,β-unsaturated/α-hetero) is 1. The van der Waals surface area contributed by atoms with Gasteiger partial charge in [-0.15, -0.1) is 0 Å². The Morgan fingerprint density at radius 1 is 0.821 bits per heavy atom. The lowest BCUT2D eigenvalue weighted by molar-refractivity contribution is -0.742. The zero-order chi connectivity index (χ0) is 20.3. The Morgan fingerprint density at radius 2 is 1.36 bits per heavy atom. The van der Waals surface area contributed by atoms with E-state index in [0.717, 1.165) is 34.1 Å². The lowest BCUT2D eigenvalue weighted by Crippen LogP contribution is -2.90. The summed E-state index contributed by atoms with van der Waals surface area (Å²) in [6.07, 6.45) is 0.438. The van der Waals surface area contributed by atoms with Crippen LogP contribution in [0.1, 0.15) is 36.6 Å². The van der Waals surface area contributed by atoms with Crippen LogP contribution >= 0.6 is 0 Å². The van der Waals surface area contributed by atoms with E-state index in [4.69, 9.17) is 18.9 Å². The van der Waals surface area contributed by atoms with Gasteiger partial charge in [0.05, 0.1) is 51.9 Å². The standard InChI is InChI=1S/C22H27NO5/c1-13-19(24)12-18(16-10-14(25-2)6-8-20(16)27-4)23-22(13)17-11-15(26-3)7-9-21(17)28-5/h6-11,13,18,22-23H,12H2,1-5H3/p+1/t13-,18-,22-/m0/s1. The Balaban J connectivity index is 2.03. The van der Waals surface area contributed by atoms with Crippen LogP contribution in [0, 0.1) is 5.92 Å². The van der Waals surface area contributed by atoms with E-state index in [0.29, 0.717) is 6.42 Å². The van der Waals surface area contributed by atoms with Gasteiger partial charge >= 0.3 is 0 Å². The molecule has 1 heterocycles. The number of hydrogen-bond acceptors (Lipinski definition) is 5. The lowest BCUT2D eigenvalue weighted by atomic mass is 9.81. The summed E-state index contributed by atoms with van der Waals surface area (Å²) in [7, 11) is 6.55. The fourth-order valence-electron chi connectivity index (χ4n) is 3.90. The molecule has 0 aliphatic carbocycles. The Morgan fingerprint density at radius 3 is 1.89 bits per heavy atom. The van der Waals surface area contributed by atoms with Crippen LogP contribution in [0.15, 0.2) is 36.4 Å². The van der Waals surface area contributed by atoms with Crippen LogP contribution in [-0.2, 0) is 4.79 Å². The highest BCUT2D eigenvalue weighted by Gasteiger charge is 2.41. The van der Waals surface area contributed by atoms with E-state index < -0.39 is 0 Å². The third kappa shape index (κ3) is 3.78. The lowest BCUT2D eigenvalue weighted by Gasteiger charge is -2.33. The molecule has 0 aromatic heterocycles. The van der Waals surface area contributed by atoms with Crippen LogP contribution in [0.25, 0.3) is 0 Å². The van der Waals surface area contributed by atoms with Crippen LogP contribution in [-0.4, -0.2) is 34.2 Å². The van der Waals surface area contributed by atoms with Crippen LogP contribution in [0.3, 0.4) is 0 Å². The van der Waals surface area contributed by atoms with Gasteiger partial charge in [0.2, 0.25) is 0 Å². The molecule has 3 atom stereocenters. The van der Waals surface area contributed by atoms with Crippen LogP contribution in [0.5, 0.6) is 23.0 Å². The number of ketones is 1. The minimum atomic E-state index is -0.145. The van der Waals surface area contributed by atoms with Gasteiger partial charge in [-0.1, -0.05) is 0 Å². The van der Waals surface area contributed by atoms with Crippen molar-refractivity contribution in [3.8, 4) is 23.0 Å². The van der Waals surface area contributed by atoms with Gasteiger partial charge in [-0.05, 0) is 43.3 Å². The largest absolute Gasteiger partial charge is 0.497 e. The first-order valence-electron chi connectivity index (χ1n) is 9.33. The second kappa shape index (κ2) is 8.52. The molecule has 6 heteroatoms. The van der Waals surface area contributed by atoms with Gasteiger partial charge in [0, 0.05) is 0 Å². The van der Waals surface area contributed by atoms with E-state index in [1.54, 1.807) is 28.4 Å². The Bertz CT molecular complexity index is 851. The number of ether oxygens (including phenoxy) is 4. The molecule has 2 N–H and O–H groups in total. The summed E-state index contributed by atoms with van der Waals surface area (Å²) in [5.74, 6) is 3.05. The number of hydrogen-bond donors (Lipinski definition) is 1. The molecule has 2 aromatic carbocycles. The summed E-state index contributed by atoms with van der Waals surface area (Å²) in [5, 5.41) is 2.22. The molecule has 6 nitrogen and oxygen atoms in total. The molecule has 0 radical (unpaired) electrons. The maximum Gasteiger partial charge on any atom is 0.148 e. The fraction of sp³-hybridized carbons (Fsp3) is 0.409. The summed E-state index contributed by atoms with van der Waals surface area (Å²) < 4.78 is 21.9. The average molecular weight is 386 g/mol. The monoisotopic (exact) mass is 386 g/mol. The highest BCUT2D eigenvalue weighted by atomic mass is 16.5. The van der Waals surface area contributed by atoms with Crippen LogP contribution < -0.4 is 24.3 Å². The first-order chi connectivity index (χ1) is 13.5. The molecule has 1 aliphatic heterocycles. The molecule has 2 aromatic rings. The molecule has 0 spiro atoms. The highest BCUT2D eigenvalue weighted by molar-refractivity contribution is 5.83. The first-order valence-corrected chi connectivity index (χ1v) is 9.33. The second-order valence-corrected chi connectivity index (χ2v) is 7.00. The Kier molecular flexibility index (Phi) is 6.09. The van der Waals surface area contributed by atoms with Gasteiger partial charge in [0.25, 0.3) is 0 Å². The van der Waals surface area contributed by atoms with Crippen LogP contribution in [0.4, 0.5) is 0 Å². The summed E-state index contributed by atoms with van der Waals surface area (Å²) in [5.41, 5.74) is 1.91. The van der Waals surface area contributed by atoms with Gasteiger partial charge in [-0.3, -0.25) is 4.79 Å². The van der Waals surface area contributed by atoms with Crippen LogP contribution in [0.2, 0.25) is 0 Å². The summed E-state index contributed by atoms with van der Waals surface area (Å²) in [6, 6.07) is 11.2. The molecule has 0 bridgehead atoms. The highest BCUT2D eigenvalue weighted by Crippen LogP contribution is 2.37. The third-order valence-electron chi connectivity index (χ3n) is 5.54. The molecular weight excluding hydrogens is 358 g/mol. The molecular formula is C22H28NO5+. The van der Waals surface area contributed by atoms with Crippen molar-refractivity contribution in [3.05, 3.63) is 47.5 Å². The maximum absolute atomic E-state index is 12.9. The van der Waals surface area contributed by atoms with Crippen molar-refractivity contribution in [2.45, 2.75) is 25.4 Å².